The second kappa shape index (κ2) is 7.96. The summed E-state index contributed by atoms with van der Waals surface area (Å²) < 4.78 is 11.6. The molecule has 0 amide bonds. The van der Waals surface area contributed by atoms with Crippen molar-refractivity contribution in [1.82, 2.24) is 4.98 Å². The van der Waals surface area contributed by atoms with E-state index in [1.54, 1.807) is 30.5 Å². The Hall–Kier alpha value is -4.52. The van der Waals surface area contributed by atoms with Gasteiger partial charge in [0.15, 0.2) is 5.58 Å². The molecule has 0 saturated heterocycles. The van der Waals surface area contributed by atoms with Crippen LogP contribution in [0.2, 0.25) is 0 Å². The van der Waals surface area contributed by atoms with Crippen LogP contribution < -0.4 is 0 Å². The Morgan fingerprint density at radius 1 is 0.906 bits per heavy atom. The van der Waals surface area contributed by atoms with E-state index < -0.39 is 4.92 Å². The molecule has 0 saturated carbocycles. The van der Waals surface area contributed by atoms with Crippen molar-refractivity contribution in [2.24, 2.45) is 4.99 Å². The zero-order chi connectivity index (χ0) is 22.1. The molecule has 0 bridgehead atoms. The van der Waals surface area contributed by atoms with Gasteiger partial charge in [0, 0.05) is 23.3 Å². The molecule has 3 aromatic carbocycles. The van der Waals surface area contributed by atoms with E-state index in [4.69, 9.17) is 8.83 Å². The summed E-state index contributed by atoms with van der Waals surface area (Å²) in [6.07, 6.45) is 1.63. The van der Waals surface area contributed by atoms with E-state index >= 15 is 0 Å². The van der Waals surface area contributed by atoms with Crippen molar-refractivity contribution in [3.8, 4) is 22.8 Å². The number of non-ortho nitro benzene ring substituents is 1. The van der Waals surface area contributed by atoms with E-state index in [0.29, 0.717) is 17.4 Å². The minimum absolute atomic E-state index is 0.0403. The first-order chi connectivity index (χ1) is 15.5. The molecule has 0 fully saturated rings. The van der Waals surface area contributed by atoms with Crippen molar-refractivity contribution >= 4 is 28.7 Å². The number of aliphatic imine (C=N–C) groups is 1. The van der Waals surface area contributed by atoms with Crippen molar-refractivity contribution in [2.45, 2.75) is 6.92 Å². The Morgan fingerprint density at radius 3 is 2.41 bits per heavy atom. The van der Waals surface area contributed by atoms with Crippen molar-refractivity contribution < 1.29 is 13.8 Å². The number of hydrogen-bond donors (Lipinski definition) is 0. The molecular weight excluding hydrogens is 406 g/mol. The molecule has 0 aliphatic rings. The van der Waals surface area contributed by atoms with E-state index in [1.807, 2.05) is 49.4 Å². The van der Waals surface area contributed by atoms with Crippen molar-refractivity contribution in [2.75, 3.05) is 0 Å². The molecule has 5 aromatic rings. The monoisotopic (exact) mass is 423 g/mol. The van der Waals surface area contributed by atoms with Crippen LogP contribution >= 0.6 is 0 Å². The number of nitrogens with zero attached hydrogens (tertiary/aromatic N) is 3. The smallest absolute Gasteiger partial charge is 0.269 e. The number of nitro benzene ring substituents is 1. The number of furan rings is 1. The lowest BCUT2D eigenvalue weighted by atomic mass is 10.1. The second-order valence-corrected chi connectivity index (χ2v) is 7.30. The molecule has 2 heterocycles. The van der Waals surface area contributed by atoms with Crippen molar-refractivity contribution in [3.05, 3.63) is 100 Å². The fourth-order valence-corrected chi connectivity index (χ4v) is 3.31. The van der Waals surface area contributed by atoms with E-state index in [0.717, 1.165) is 33.5 Å². The molecule has 0 N–H and O–H groups in total. The molecule has 0 atom stereocenters. The molecule has 7 nitrogen and oxygen atoms in total. The number of benzene rings is 3. The number of aromatic nitrogens is 1. The van der Waals surface area contributed by atoms with Gasteiger partial charge in [-0.1, -0.05) is 6.07 Å². The molecule has 5 rings (SSSR count). The molecule has 0 unspecified atom stereocenters. The van der Waals surface area contributed by atoms with Gasteiger partial charge in [0.2, 0.25) is 5.89 Å². The Bertz CT molecular complexity index is 1450. The minimum Gasteiger partial charge on any atom is -0.455 e. The van der Waals surface area contributed by atoms with Gasteiger partial charge in [0.1, 0.15) is 17.0 Å². The van der Waals surface area contributed by atoms with Crippen LogP contribution in [0.25, 0.3) is 33.9 Å². The third-order valence-electron chi connectivity index (χ3n) is 4.99. The Morgan fingerprint density at radius 2 is 1.66 bits per heavy atom. The standard InChI is InChI=1S/C25H17N3O4/c1-16-2-12-24-22(14-16)27-25(32-24)18-3-7-19(8-4-18)26-15-21-11-13-23(31-21)17-5-9-20(10-6-17)28(29)30/h2-15H,1H3. The van der Waals surface area contributed by atoms with Gasteiger partial charge in [0.05, 0.1) is 16.8 Å². The molecule has 0 aliphatic heterocycles. The van der Waals surface area contributed by atoms with Crippen LogP contribution in [0.15, 0.2) is 92.7 Å². The summed E-state index contributed by atoms with van der Waals surface area (Å²) in [6.45, 7) is 2.02. The summed E-state index contributed by atoms with van der Waals surface area (Å²) in [5.41, 5.74) is 5.16. The highest BCUT2D eigenvalue weighted by Gasteiger charge is 2.09. The quantitative estimate of drug-likeness (QED) is 0.178. The van der Waals surface area contributed by atoms with Crippen LogP contribution in [0.3, 0.4) is 0 Å². The zero-order valence-corrected chi connectivity index (χ0v) is 17.1. The van der Waals surface area contributed by atoms with Crippen LogP contribution in [0.1, 0.15) is 11.3 Å². The summed E-state index contributed by atoms with van der Waals surface area (Å²) in [5.74, 6) is 1.76. The lowest BCUT2D eigenvalue weighted by molar-refractivity contribution is -0.384. The van der Waals surface area contributed by atoms with Crippen LogP contribution in [0, 0.1) is 17.0 Å². The van der Waals surface area contributed by atoms with Gasteiger partial charge in [-0.25, -0.2) is 4.98 Å². The highest BCUT2D eigenvalue weighted by molar-refractivity contribution is 5.80. The van der Waals surface area contributed by atoms with E-state index in [-0.39, 0.29) is 5.69 Å². The first-order valence-corrected chi connectivity index (χ1v) is 9.91. The average Bonchev–Trinajstić information content (AvgIpc) is 3.45. The topological polar surface area (TPSA) is 94.7 Å². The second-order valence-electron chi connectivity index (χ2n) is 7.30. The van der Waals surface area contributed by atoms with Crippen LogP contribution in [-0.4, -0.2) is 16.1 Å². The number of aryl methyl sites for hydroxylation is 1. The van der Waals surface area contributed by atoms with Gasteiger partial charge in [-0.2, -0.15) is 0 Å². The summed E-state index contributed by atoms with van der Waals surface area (Å²) in [6, 6.07) is 23.3. The summed E-state index contributed by atoms with van der Waals surface area (Å²) in [5, 5.41) is 10.8. The van der Waals surface area contributed by atoms with Crippen LogP contribution in [-0.2, 0) is 0 Å². The molecule has 2 aromatic heterocycles. The predicted molar refractivity (Wildman–Crippen MR) is 122 cm³/mol. The fourth-order valence-electron chi connectivity index (χ4n) is 3.31. The maximum atomic E-state index is 10.8. The largest absolute Gasteiger partial charge is 0.455 e. The molecule has 0 spiro atoms. The molecule has 0 aliphatic carbocycles. The maximum Gasteiger partial charge on any atom is 0.269 e. The SMILES string of the molecule is Cc1ccc2oc(-c3ccc(N=Cc4ccc(-c5ccc([N+](=O)[O-])cc5)o4)cc3)nc2c1. The third kappa shape index (κ3) is 3.91. The molecule has 7 heteroatoms. The Labute approximate surface area is 182 Å². The first kappa shape index (κ1) is 19.4. The normalized spacial score (nSPS) is 11.4. The predicted octanol–water partition coefficient (Wildman–Crippen LogP) is 6.72. The first-order valence-electron chi connectivity index (χ1n) is 9.91. The number of rotatable bonds is 5. The molecule has 156 valence electrons. The number of nitro groups is 1. The van der Waals surface area contributed by atoms with E-state index in [9.17, 15) is 10.1 Å². The van der Waals surface area contributed by atoms with Gasteiger partial charge < -0.3 is 8.83 Å². The number of fused-ring (bicyclic) bond motifs is 1. The average molecular weight is 423 g/mol. The van der Waals surface area contributed by atoms with Gasteiger partial charge in [-0.05, 0) is 73.2 Å². The lowest BCUT2D eigenvalue weighted by Crippen LogP contribution is -1.86. The Kier molecular flexibility index (Phi) is 4.84. The number of oxazole rings is 1. The lowest BCUT2D eigenvalue weighted by Gasteiger charge is -1.97. The summed E-state index contributed by atoms with van der Waals surface area (Å²) >= 11 is 0. The Balaban J connectivity index is 1.31. The summed E-state index contributed by atoms with van der Waals surface area (Å²) in [7, 11) is 0. The maximum absolute atomic E-state index is 10.8. The third-order valence-corrected chi connectivity index (χ3v) is 4.99. The van der Waals surface area contributed by atoms with Gasteiger partial charge in [-0.3, -0.25) is 15.1 Å². The fraction of sp³-hybridized carbons (Fsp3) is 0.0400. The molecular formula is C25H17N3O4. The van der Waals surface area contributed by atoms with E-state index in [2.05, 4.69) is 9.98 Å². The minimum atomic E-state index is -0.430. The highest BCUT2D eigenvalue weighted by atomic mass is 16.6. The number of hydrogen-bond acceptors (Lipinski definition) is 6. The van der Waals surface area contributed by atoms with Crippen molar-refractivity contribution in [1.29, 1.82) is 0 Å². The van der Waals surface area contributed by atoms with Gasteiger partial charge in [-0.15, -0.1) is 0 Å². The molecule has 0 radical (unpaired) electrons. The zero-order valence-electron chi connectivity index (χ0n) is 17.1. The summed E-state index contributed by atoms with van der Waals surface area (Å²) in [4.78, 5) is 19.4. The van der Waals surface area contributed by atoms with Crippen LogP contribution in [0.4, 0.5) is 11.4 Å². The van der Waals surface area contributed by atoms with Gasteiger partial charge in [0.25, 0.3) is 5.69 Å². The van der Waals surface area contributed by atoms with Crippen LogP contribution in [0.5, 0.6) is 0 Å². The van der Waals surface area contributed by atoms with Crippen molar-refractivity contribution in [3.63, 3.8) is 0 Å². The molecule has 32 heavy (non-hydrogen) atoms. The highest BCUT2D eigenvalue weighted by Crippen LogP contribution is 2.27. The van der Waals surface area contributed by atoms with E-state index in [1.165, 1.54) is 12.1 Å². The van der Waals surface area contributed by atoms with Gasteiger partial charge >= 0.3 is 0 Å².